The number of unbranched alkanes of at least 4 members (excludes halogenated alkanes) is 1. The van der Waals surface area contributed by atoms with Gasteiger partial charge in [0.05, 0.1) is 12.8 Å². The third-order valence-electron chi connectivity index (χ3n) is 2.60. The number of ether oxygens (including phenoxy) is 1. The van der Waals surface area contributed by atoms with E-state index < -0.39 is 0 Å². The zero-order valence-electron chi connectivity index (χ0n) is 10.7. The van der Waals surface area contributed by atoms with Crippen molar-refractivity contribution in [1.82, 2.24) is 9.88 Å². The van der Waals surface area contributed by atoms with Gasteiger partial charge in [-0.25, -0.2) is 4.98 Å². The molecule has 0 spiro atoms. The molecule has 0 saturated heterocycles. The molecule has 1 rings (SSSR count). The zero-order chi connectivity index (χ0) is 12.5. The van der Waals surface area contributed by atoms with E-state index in [1.807, 2.05) is 18.2 Å². The minimum Gasteiger partial charge on any atom is -0.481 e. The van der Waals surface area contributed by atoms with Crippen molar-refractivity contribution in [3.8, 4) is 5.88 Å². The van der Waals surface area contributed by atoms with Gasteiger partial charge >= 0.3 is 0 Å². The van der Waals surface area contributed by atoms with Gasteiger partial charge in [-0.05, 0) is 19.0 Å². The van der Waals surface area contributed by atoms with Crippen molar-refractivity contribution in [3.05, 3.63) is 23.9 Å². The first-order chi connectivity index (χ1) is 8.30. The molecule has 0 aliphatic heterocycles. The van der Waals surface area contributed by atoms with Gasteiger partial charge in [-0.1, -0.05) is 19.4 Å². The lowest BCUT2D eigenvalue weighted by molar-refractivity contribution is 0.272. The van der Waals surface area contributed by atoms with Crippen LogP contribution in [0.1, 0.15) is 25.5 Å². The number of hydrogen-bond donors (Lipinski definition) is 0. The van der Waals surface area contributed by atoms with Crippen LogP contribution in [0.25, 0.3) is 0 Å². The quantitative estimate of drug-likeness (QED) is 0.669. The first kappa shape index (κ1) is 14.3. The highest BCUT2D eigenvalue weighted by atomic mass is 35.5. The second-order valence-corrected chi connectivity index (χ2v) is 4.37. The normalized spacial score (nSPS) is 10.8. The van der Waals surface area contributed by atoms with Crippen LogP contribution in [0.15, 0.2) is 18.2 Å². The third-order valence-corrected chi connectivity index (χ3v) is 2.77. The minimum atomic E-state index is 0.660. The molecule has 0 amide bonds. The van der Waals surface area contributed by atoms with E-state index in [1.165, 1.54) is 12.8 Å². The van der Waals surface area contributed by atoms with E-state index in [2.05, 4.69) is 16.8 Å². The number of hydrogen-bond acceptors (Lipinski definition) is 3. The van der Waals surface area contributed by atoms with Crippen LogP contribution in [0.2, 0.25) is 0 Å². The van der Waals surface area contributed by atoms with E-state index in [9.17, 15) is 0 Å². The largest absolute Gasteiger partial charge is 0.481 e. The summed E-state index contributed by atoms with van der Waals surface area (Å²) in [7, 11) is 1.64. The van der Waals surface area contributed by atoms with Gasteiger partial charge < -0.3 is 4.74 Å². The number of pyridine rings is 1. The Kier molecular flexibility index (Phi) is 6.97. The van der Waals surface area contributed by atoms with Crippen LogP contribution >= 0.6 is 11.6 Å². The highest BCUT2D eigenvalue weighted by Gasteiger charge is 2.06. The van der Waals surface area contributed by atoms with E-state index in [-0.39, 0.29) is 0 Å². The Morgan fingerprint density at radius 1 is 1.35 bits per heavy atom. The van der Waals surface area contributed by atoms with E-state index in [4.69, 9.17) is 16.3 Å². The van der Waals surface area contributed by atoms with Crippen LogP contribution in [0.4, 0.5) is 0 Å². The first-order valence-electron chi connectivity index (χ1n) is 6.08. The smallest absolute Gasteiger partial charge is 0.213 e. The van der Waals surface area contributed by atoms with E-state index in [0.29, 0.717) is 11.8 Å². The fraction of sp³-hybridized carbons (Fsp3) is 0.615. The number of halogens is 1. The average molecular weight is 257 g/mol. The molecule has 1 heterocycles. The highest BCUT2D eigenvalue weighted by Crippen LogP contribution is 2.09. The molecule has 1 aromatic rings. The fourth-order valence-corrected chi connectivity index (χ4v) is 1.90. The van der Waals surface area contributed by atoms with Gasteiger partial charge in [0.2, 0.25) is 5.88 Å². The minimum absolute atomic E-state index is 0.660. The maximum Gasteiger partial charge on any atom is 0.213 e. The molecule has 1 aromatic heterocycles. The summed E-state index contributed by atoms with van der Waals surface area (Å²) >= 11 is 5.81. The highest BCUT2D eigenvalue weighted by molar-refractivity contribution is 6.18. The van der Waals surface area contributed by atoms with Gasteiger partial charge in [0.15, 0.2) is 0 Å². The van der Waals surface area contributed by atoms with Gasteiger partial charge in [0.1, 0.15) is 0 Å². The number of aromatic nitrogens is 1. The fourth-order valence-electron chi connectivity index (χ4n) is 1.66. The zero-order valence-corrected chi connectivity index (χ0v) is 11.4. The lowest BCUT2D eigenvalue weighted by Crippen LogP contribution is -2.26. The van der Waals surface area contributed by atoms with Crippen molar-refractivity contribution < 1.29 is 4.74 Å². The van der Waals surface area contributed by atoms with Gasteiger partial charge in [0.25, 0.3) is 0 Å². The molecule has 96 valence electrons. The monoisotopic (exact) mass is 256 g/mol. The molecular formula is C13H21ClN2O. The molecule has 0 aliphatic carbocycles. The van der Waals surface area contributed by atoms with Crippen LogP contribution in [-0.2, 0) is 6.54 Å². The van der Waals surface area contributed by atoms with Crippen molar-refractivity contribution in [2.45, 2.75) is 26.3 Å². The topological polar surface area (TPSA) is 25.4 Å². The van der Waals surface area contributed by atoms with Crippen LogP contribution in [0.3, 0.4) is 0 Å². The van der Waals surface area contributed by atoms with E-state index in [1.54, 1.807) is 7.11 Å². The maximum atomic E-state index is 5.81. The molecular weight excluding hydrogens is 236 g/mol. The molecule has 0 saturated carbocycles. The van der Waals surface area contributed by atoms with Crippen molar-refractivity contribution >= 4 is 11.6 Å². The summed E-state index contributed by atoms with van der Waals surface area (Å²) in [5.41, 5.74) is 1.03. The second kappa shape index (κ2) is 8.31. The number of nitrogens with zero attached hydrogens (tertiary/aromatic N) is 2. The Morgan fingerprint density at radius 2 is 2.18 bits per heavy atom. The molecule has 17 heavy (non-hydrogen) atoms. The van der Waals surface area contributed by atoms with Gasteiger partial charge in [-0.15, -0.1) is 11.6 Å². The third kappa shape index (κ3) is 5.37. The Balaban J connectivity index is 2.57. The summed E-state index contributed by atoms with van der Waals surface area (Å²) in [5, 5.41) is 0. The van der Waals surface area contributed by atoms with Gasteiger partial charge in [-0.2, -0.15) is 0 Å². The summed E-state index contributed by atoms with van der Waals surface area (Å²) in [5.74, 6) is 1.33. The maximum absolute atomic E-state index is 5.81. The standard InChI is InChI=1S/C13H21ClN2O/c1-3-4-9-16(10-8-14)11-12-6-5-7-13(15-12)17-2/h5-7H,3-4,8-11H2,1-2H3. The lowest BCUT2D eigenvalue weighted by Gasteiger charge is -2.20. The Morgan fingerprint density at radius 3 is 2.82 bits per heavy atom. The van der Waals surface area contributed by atoms with Crippen molar-refractivity contribution in [2.24, 2.45) is 0 Å². The van der Waals surface area contributed by atoms with E-state index in [0.717, 1.165) is 25.3 Å². The molecule has 0 aliphatic rings. The molecule has 0 bridgehead atoms. The Labute approximate surface area is 109 Å². The summed E-state index contributed by atoms with van der Waals surface area (Å²) in [6.07, 6.45) is 2.39. The molecule has 0 N–H and O–H groups in total. The van der Waals surface area contributed by atoms with Gasteiger partial charge in [-0.3, -0.25) is 4.90 Å². The number of rotatable bonds is 8. The van der Waals surface area contributed by atoms with Gasteiger partial charge in [0, 0.05) is 25.0 Å². The molecule has 3 nitrogen and oxygen atoms in total. The molecule has 0 aromatic carbocycles. The average Bonchev–Trinajstić information content (AvgIpc) is 2.36. The van der Waals surface area contributed by atoms with Crippen LogP contribution in [-0.4, -0.2) is 36.0 Å². The Hall–Kier alpha value is -0.800. The van der Waals surface area contributed by atoms with Crippen LogP contribution < -0.4 is 4.74 Å². The predicted octanol–water partition coefficient (Wildman–Crippen LogP) is 2.93. The Bertz CT molecular complexity index is 320. The first-order valence-corrected chi connectivity index (χ1v) is 6.61. The molecule has 4 heteroatoms. The van der Waals surface area contributed by atoms with Crippen molar-refractivity contribution in [1.29, 1.82) is 0 Å². The SMILES string of the molecule is CCCCN(CCCl)Cc1cccc(OC)n1. The molecule has 0 unspecified atom stereocenters. The van der Waals surface area contributed by atoms with Crippen molar-refractivity contribution in [2.75, 3.05) is 26.1 Å². The van der Waals surface area contributed by atoms with Crippen LogP contribution in [0.5, 0.6) is 5.88 Å². The predicted molar refractivity (Wildman–Crippen MR) is 71.7 cm³/mol. The number of methoxy groups -OCH3 is 1. The van der Waals surface area contributed by atoms with Crippen LogP contribution in [0, 0.1) is 0 Å². The summed E-state index contributed by atoms with van der Waals surface area (Å²) < 4.78 is 5.12. The lowest BCUT2D eigenvalue weighted by atomic mass is 10.3. The summed E-state index contributed by atoms with van der Waals surface area (Å²) in [6, 6.07) is 5.86. The van der Waals surface area contributed by atoms with E-state index >= 15 is 0 Å². The number of alkyl halides is 1. The summed E-state index contributed by atoms with van der Waals surface area (Å²) in [4.78, 5) is 6.75. The molecule has 0 fully saturated rings. The summed E-state index contributed by atoms with van der Waals surface area (Å²) in [6.45, 7) is 5.01. The van der Waals surface area contributed by atoms with Crippen molar-refractivity contribution in [3.63, 3.8) is 0 Å². The molecule has 0 atom stereocenters. The second-order valence-electron chi connectivity index (χ2n) is 3.99. The molecule has 0 radical (unpaired) electrons.